The molecule has 0 saturated carbocycles. The monoisotopic (exact) mass is 367 g/mol. The predicted octanol–water partition coefficient (Wildman–Crippen LogP) is 3.74. The lowest BCUT2D eigenvalue weighted by atomic mass is 10.2. The van der Waals surface area contributed by atoms with E-state index in [0.29, 0.717) is 5.13 Å². The van der Waals surface area contributed by atoms with Crippen LogP contribution in [0.2, 0.25) is 4.34 Å². The van der Waals surface area contributed by atoms with E-state index >= 15 is 0 Å². The number of thiazole rings is 1. The Hall–Kier alpha value is -1.70. The molecule has 3 rings (SSSR count). The summed E-state index contributed by atoms with van der Waals surface area (Å²) in [4.78, 5) is 4.40. The summed E-state index contributed by atoms with van der Waals surface area (Å²) in [5, 5.41) is 4.62. The van der Waals surface area contributed by atoms with Gasteiger partial charge in [0.1, 0.15) is 4.34 Å². The Balaban J connectivity index is 2.11. The fourth-order valence-corrected chi connectivity index (χ4v) is 5.09. The van der Waals surface area contributed by atoms with Crippen LogP contribution in [-0.4, -0.2) is 23.2 Å². The fourth-order valence-electron chi connectivity index (χ4n) is 2.19. The zero-order chi connectivity index (χ0) is 16.8. The molecule has 0 fully saturated rings. The van der Waals surface area contributed by atoms with Crippen molar-refractivity contribution >= 4 is 32.8 Å². The molecule has 0 aliphatic rings. The first-order valence-electron chi connectivity index (χ1n) is 6.81. The molecule has 0 saturated heterocycles. The van der Waals surface area contributed by atoms with E-state index < -0.39 is 9.84 Å². The van der Waals surface area contributed by atoms with Crippen molar-refractivity contribution in [2.24, 2.45) is 0 Å². The molecular weight excluding hydrogens is 354 g/mol. The normalized spacial score (nSPS) is 11.8. The molecule has 0 amide bonds. The highest BCUT2D eigenvalue weighted by Crippen LogP contribution is 2.34. The largest absolute Gasteiger partial charge is 0.226 e. The van der Waals surface area contributed by atoms with Crippen LogP contribution in [0.15, 0.2) is 40.3 Å². The Morgan fingerprint density at radius 1 is 1.13 bits per heavy atom. The molecule has 2 aromatic heterocycles. The molecule has 8 heteroatoms. The van der Waals surface area contributed by atoms with Gasteiger partial charge in [-0.2, -0.15) is 5.10 Å². The van der Waals surface area contributed by atoms with Gasteiger partial charge in [0.15, 0.2) is 5.03 Å². The van der Waals surface area contributed by atoms with E-state index in [1.807, 2.05) is 26.8 Å². The molecule has 120 valence electrons. The van der Waals surface area contributed by atoms with E-state index in [1.54, 1.807) is 28.9 Å². The highest BCUT2D eigenvalue weighted by atomic mass is 35.5. The standard InChI is InChI=1S/C15H14ClN3O2S2/c1-9-4-6-12(7-5-9)23(20,21)14-13(16)22-15(17-14)19-11(3)8-10(2)18-19/h4-8H,1-3H3. The molecule has 0 aliphatic carbocycles. The summed E-state index contributed by atoms with van der Waals surface area (Å²) >= 11 is 7.25. The third kappa shape index (κ3) is 2.91. The van der Waals surface area contributed by atoms with E-state index in [1.165, 1.54) is 0 Å². The Morgan fingerprint density at radius 3 is 2.35 bits per heavy atom. The molecule has 0 N–H and O–H groups in total. The summed E-state index contributed by atoms with van der Waals surface area (Å²) in [5.74, 6) is 0. The topological polar surface area (TPSA) is 64.8 Å². The number of sulfone groups is 1. The van der Waals surface area contributed by atoms with Crippen LogP contribution in [0, 0.1) is 20.8 Å². The summed E-state index contributed by atoms with van der Waals surface area (Å²) in [5.41, 5.74) is 2.68. The number of halogens is 1. The first-order valence-corrected chi connectivity index (χ1v) is 9.48. The molecule has 0 spiro atoms. The van der Waals surface area contributed by atoms with Gasteiger partial charge in [0.05, 0.1) is 10.6 Å². The van der Waals surface area contributed by atoms with Crippen molar-refractivity contribution in [2.75, 3.05) is 0 Å². The second-order valence-electron chi connectivity index (χ2n) is 5.23. The van der Waals surface area contributed by atoms with Crippen molar-refractivity contribution in [3.05, 3.63) is 51.6 Å². The summed E-state index contributed by atoms with van der Waals surface area (Å²) in [6.45, 7) is 5.64. The predicted molar refractivity (Wildman–Crippen MR) is 90.4 cm³/mol. The zero-order valence-electron chi connectivity index (χ0n) is 12.7. The molecule has 0 radical (unpaired) electrons. The van der Waals surface area contributed by atoms with Gasteiger partial charge in [0.2, 0.25) is 15.0 Å². The lowest BCUT2D eigenvalue weighted by Crippen LogP contribution is -2.05. The van der Waals surface area contributed by atoms with Crippen LogP contribution < -0.4 is 0 Å². The van der Waals surface area contributed by atoms with Gasteiger partial charge in [-0.15, -0.1) is 0 Å². The summed E-state index contributed by atoms with van der Waals surface area (Å²) in [7, 11) is -3.75. The Kier molecular flexibility index (Phi) is 4.03. The van der Waals surface area contributed by atoms with Gasteiger partial charge in [-0.3, -0.25) is 0 Å². The van der Waals surface area contributed by atoms with E-state index in [4.69, 9.17) is 11.6 Å². The molecule has 0 bridgehead atoms. The minimum atomic E-state index is -3.75. The highest BCUT2D eigenvalue weighted by Gasteiger charge is 2.26. The number of rotatable bonds is 3. The Bertz CT molecular complexity index is 973. The van der Waals surface area contributed by atoms with E-state index in [2.05, 4.69) is 10.1 Å². The average Bonchev–Trinajstić information content (AvgIpc) is 3.02. The van der Waals surface area contributed by atoms with Crippen LogP contribution in [0.4, 0.5) is 0 Å². The van der Waals surface area contributed by atoms with Crippen molar-refractivity contribution in [1.29, 1.82) is 0 Å². The van der Waals surface area contributed by atoms with Gasteiger partial charge in [-0.05, 0) is 39.0 Å². The summed E-state index contributed by atoms with van der Waals surface area (Å²) in [6.07, 6.45) is 0. The van der Waals surface area contributed by atoms with Gasteiger partial charge < -0.3 is 0 Å². The fraction of sp³-hybridized carbons (Fsp3) is 0.200. The lowest BCUT2D eigenvalue weighted by Gasteiger charge is -2.02. The van der Waals surface area contributed by atoms with E-state index in [9.17, 15) is 8.42 Å². The maximum atomic E-state index is 12.7. The maximum absolute atomic E-state index is 12.7. The smallest absolute Gasteiger partial charge is 0.217 e. The quantitative estimate of drug-likeness (QED) is 0.707. The number of aromatic nitrogens is 3. The lowest BCUT2D eigenvalue weighted by molar-refractivity contribution is 0.592. The molecule has 0 unspecified atom stereocenters. The molecular formula is C15H14ClN3O2S2. The van der Waals surface area contributed by atoms with Crippen LogP contribution >= 0.6 is 22.9 Å². The molecule has 0 aliphatic heterocycles. The first-order chi connectivity index (χ1) is 10.8. The minimum Gasteiger partial charge on any atom is -0.217 e. The first kappa shape index (κ1) is 16.2. The van der Waals surface area contributed by atoms with Gasteiger partial charge in [0, 0.05) is 5.69 Å². The van der Waals surface area contributed by atoms with Gasteiger partial charge in [-0.1, -0.05) is 40.6 Å². The number of benzene rings is 1. The highest BCUT2D eigenvalue weighted by molar-refractivity contribution is 7.91. The average molecular weight is 368 g/mol. The van der Waals surface area contributed by atoms with E-state index in [0.717, 1.165) is 28.3 Å². The SMILES string of the molecule is Cc1ccc(S(=O)(=O)c2nc(-n3nc(C)cc3C)sc2Cl)cc1. The Labute approximate surface area is 143 Å². The van der Waals surface area contributed by atoms with Crippen LogP contribution in [0.3, 0.4) is 0 Å². The van der Waals surface area contributed by atoms with Gasteiger partial charge in [-0.25, -0.2) is 18.1 Å². The molecule has 1 aromatic carbocycles. The number of aryl methyl sites for hydroxylation is 3. The van der Waals surface area contributed by atoms with Crippen LogP contribution in [-0.2, 0) is 9.84 Å². The second-order valence-corrected chi connectivity index (χ2v) is 8.68. The van der Waals surface area contributed by atoms with Crippen molar-refractivity contribution in [2.45, 2.75) is 30.7 Å². The van der Waals surface area contributed by atoms with E-state index in [-0.39, 0.29) is 14.3 Å². The van der Waals surface area contributed by atoms with Crippen LogP contribution in [0.1, 0.15) is 17.0 Å². The number of nitrogens with zero attached hydrogens (tertiary/aromatic N) is 3. The third-order valence-electron chi connectivity index (χ3n) is 3.32. The van der Waals surface area contributed by atoms with Crippen molar-refractivity contribution in [1.82, 2.24) is 14.8 Å². The van der Waals surface area contributed by atoms with Crippen molar-refractivity contribution < 1.29 is 8.42 Å². The number of hydrogen-bond donors (Lipinski definition) is 0. The molecule has 2 heterocycles. The maximum Gasteiger partial charge on any atom is 0.226 e. The van der Waals surface area contributed by atoms with Crippen LogP contribution in [0.25, 0.3) is 5.13 Å². The zero-order valence-corrected chi connectivity index (χ0v) is 15.1. The van der Waals surface area contributed by atoms with Gasteiger partial charge in [0.25, 0.3) is 0 Å². The minimum absolute atomic E-state index is 0.129. The summed E-state index contributed by atoms with van der Waals surface area (Å²) < 4.78 is 27.2. The van der Waals surface area contributed by atoms with Crippen LogP contribution in [0.5, 0.6) is 0 Å². The van der Waals surface area contributed by atoms with Crippen molar-refractivity contribution in [3.63, 3.8) is 0 Å². The molecule has 5 nitrogen and oxygen atoms in total. The number of hydrogen-bond acceptors (Lipinski definition) is 5. The molecule has 3 aromatic rings. The molecule has 23 heavy (non-hydrogen) atoms. The summed E-state index contributed by atoms with van der Waals surface area (Å²) in [6, 6.07) is 8.50. The second kappa shape index (κ2) is 5.74. The van der Waals surface area contributed by atoms with Gasteiger partial charge >= 0.3 is 0 Å². The Morgan fingerprint density at radius 2 is 1.78 bits per heavy atom. The van der Waals surface area contributed by atoms with Crippen molar-refractivity contribution in [3.8, 4) is 5.13 Å². The third-order valence-corrected chi connectivity index (χ3v) is 6.49. The molecule has 0 atom stereocenters.